The van der Waals surface area contributed by atoms with E-state index in [2.05, 4.69) is 25.7 Å². The molecule has 0 atom stereocenters. The largest absolute Gasteiger partial charge is 0.305 e. The lowest BCUT2D eigenvalue weighted by atomic mass is 10.2. The molecule has 134 valence electrons. The molecule has 1 aliphatic carbocycles. The molecule has 1 amide bonds. The van der Waals surface area contributed by atoms with Gasteiger partial charge in [0.2, 0.25) is 11.0 Å². The first-order valence-electron chi connectivity index (χ1n) is 8.01. The Labute approximate surface area is 157 Å². The predicted octanol–water partition coefficient (Wildman–Crippen LogP) is 3.08. The van der Waals surface area contributed by atoms with Gasteiger partial charge >= 0.3 is 0 Å². The number of hydrogen-bond donors (Lipinski definition) is 1. The summed E-state index contributed by atoms with van der Waals surface area (Å²) in [6.45, 7) is 0. The highest BCUT2D eigenvalue weighted by atomic mass is 32.2. The number of halogens is 1. The van der Waals surface area contributed by atoms with E-state index in [9.17, 15) is 9.18 Å². The minimum absolute atomic E-state index is 0.174. The Morgan fingerprint density at radius 3 is 2.96 bits per heavy atom. The molecule has 1 aliphatic rings. The van der Waals surface area contributed by atoms with Gasteiger partial charge in [-0.1, -0.05) is 35.2 Å². The van der Waals surface area contributed by atoms with Crippen molar-refractivity contribution in [2.24, 2.45) is 7.05 Å². The number of hydrogen-bond acceptors (Lipinski definition) is 7. The number of nitrogens with zero attached hydrogens (tertiary/aromatic N) is 5. The molecule has 0 radical (unpaired) electrons. The number of nitrogens with one attached hydrogen (secondary N) is 1. The van der Waals surface area contributed by atoms with Gasteiger partial charge in [-0.25, -0.2) is 4.39 Å². The lowest BCUT2D eigenvalue weighted by Gasteiger charge is -2.04. The van der Waals surface area contributed by atoms with Crippen molar-refractivity contribution in [1.82, 2.24) is 25.0 Å². The van der Waals surface area contributed by atoms with Crippen LogP contribution in [0, 0.1) is 5.82 Å². The van der Waals surface area contributed by atoms with E-state index in [1.807, 2.05) is 0 Å². The predicted molar refractivity (Wildman–Crippen MR) is 97.6 cm³/mol. The average molecular weight is 390 g/mol. The normalized spacial score (nSPS) is 13.8. The molecule has 1 fully saturated rings. The number of amides is 1. The van der Waals surface area contributed by atoms with Crippen molar-refractivity contribution in [1.29, 1.82) is 0 Å². The molecule has 10 heteroatoms. The zero-order valence-corrected chi connectivity index (χ0v) is 15.5. The van der Waals surface area contributed by atoms with E-state index < -0.39 is 0 Å². The first-order chi connectivity index (χ1) is 12.6. The molecule has 26 heavy (non-hydrogen) atoms. The molecule has 1 saturated carbocycles. The van der Waals surface area contributed by atoms with Gasteiger partial charge in [0.25, 0.3) is 0 Å². The van der Waals surface area contributed by atoms with Crippen molar-refractivity contribution in [2.45, 2.75) is 23.9 Å². The zero-order chi connectivity index (χ0) is 18.1. The number of rotatable bonds is 6. The molecule has 2 aromatic heterocycles. The van der Waals surface area contributed by atoms with Gasteiger partial charge in [-0.15, -0.1) is 20.4 Å². The third-order valence-electron chi connectivity index (χ3n) is 3.86. The standard InChI is InChI=1S/C16H15FN6OS2/c1-23-13(10-3-2-4-11(17)7-10)19-22-16(23)25-8-12(24)18-15-21-20-14(26-15)9-5-6-9/h2-4,7,9H,5-6,8H2,1H3,(H,18,21,24). The average Bonchev–Trinajstić information content (AvgIpc) is 3.26. The summed E-state index contributed by atoms with van der Waals surface area (Å²) in [5.41, 5.74) is 0.637. The Kier molecular flexibility index (Phi) is 4.68. The van der Waals surface area contributed by atoms with Gasteiger partial charge in [-0.2, -0.15) is 0 Å². The van der Waals surface area contributed by atoms with Gasteiger partial charge < -0.3 is 4.57 Å². The molecule has 0 unspecified atom stereocenters. The summed E-state index contributed by atoms with van der Waals surface area (Å²) >= 11 is 2.69. The lowest BCUT2D eigenvalue weighted by molar-refractivity contribution is -0.113. The summed E-state index contributed by atoms with van der Waals surface area (Å²) < 4.78 is 15.1. The maximum atomic E-state index is 13.4. The Morgan fingerprint density at radius 2 is 2.19 bits per heavy atom. The minimum atomic E-state index is -0.332. The van der Waals surface area contributed by atoms with Crippen LogP contribution in [0.3, 0.4) is 0 Å². The van der Waals surface area contributed by atoms with Crippen molar-refractivity contribution in [3.63, 3.8) is 0 Å². The van der Waals surface area contributed by atoms with Crippen LogP contribution in [-0.2, 0) is 11.8 Å². The number of carbonyl (C=O) groups is 1. The Morgan fingerprint density at radius 1 is 1.35 bits per heavy atom. The second-order valence-corrected chi connectivity index (χ2v) is 7.88. The van der Waals surface area contributed by atoms with Gasteiger partial charge in [0.15, 0.2) is 11.0 Å². The van der Waals surface area contributed by atoms with Crippen molar-refractivity contribution in [3.05, 3.63) is 35.1 Å². The van der Waals surface area contributed by atoms with Crippen LogP contribution in [0.5, 0.6) is 0 Å². The molecule has 0 bridgehead atoms. The third kappa shape index (κ3) is 3.75. The van der Waals surface area contributed by atoms with Gasteiger partial charge in [0.05, 0.1) is 5.75 Å². The van der Waals surface area contributed by atoms with Gasteiger partial charge in [0.1, 0.15) is 10.8 Å². The van der Waals surface area contributed by atoms with Crippen LogP contribution in [0.15, 0.2) is 29.4 Å². The SMILES string of the molecule is Cn1c(SCC(=O)Nc2nnc(C3CC3)s2)nnc1-c1cccc(F)c1. The number of benzene rings is 1. The Bertz CT molecular complexity index is 952. The van der Waals surface area contributed by atoms with Gasteiger partial charge in [-0.3, -0.25) is 10.1 Å². The summed E-state index contributed by atoms with van der Waals surface area (Å²) in [6, 6.07) is 6.17. The summed E-state index contributed by atoms with van der Waals surface area (Å²) in [4.78, 5) is 12.1. The maximum absolute atomic E-state index is 13.4. The number of anilines is 1. The molecular formula is C16H15FN6OS2. The van der Waals surface area contributed by atoms with E-state index in [-0.39, 0.29) is 17.5 Å². The minimum Gasteiger partial charge on any atom is -0.305 e. The van der Waals surface area contributed by atoms with Gasteiger partial charge in [-0.05, 0) is 25.0 Å². The van der Waals surface area contributed by atoms with E-state index in [1.54, 1.807) is 23.7 Å². The van der Waals surface area contributed by atoms with Crippen molar-refractivity contribution >= 4 is 34.1 Å². The van der Waals surface area contributed by atoms with Crippen LogP contribution in [0.1, 0.15) is 23.8 Å². The second kappa shape index (κ2) is 7.12. The van der Waals surface area contributed by atoms with E-state index in [1.165, 1.54) is 35.2 Å². The highest BCUT2D eigenvalue weighted by molar-refractivity contribution is 7.99. The zero-order valence-electron chi connectivity index (χ0n) is 13.8. The summed E-state index contributed by atoms with van der Waals surface area (Å²) in [6.07, 6.45) is 2.30. The first kappa shape index (κ1) is 17.1. The Balaban J connectivity index is 1.37. The van der Waals surface area contributed by atoms with E-state index in [0.717, 1.165) is 17.8 Å². The quantitative estimate of drug-likeness (QED) is 0.651. The number of aromatic nitrogens is 5. The van der Waals surface area contributed by atoms with Crippen LogP contribution < -0.4 is 5.32 Å². The molecule has 0 spiro atoms. The van der Waals surface area contributed by atoms with Gasteiger partial charge in [0, 0.05) is 18.5 Å². The summed E-state index contributed by atoms with van der Waals surface area (Å²) in [5, 5.41) is 21.1. The first-order valence-corrected chi connectivity index (χ1v) is 9.82. The molecule has 4 rings (SSSR count). The second-order valence-electron chi connectivity index (χ2n) is 5.93. The lowest BCUT2D eigenvalue weighted by Crippen LogP contribution is -2.14. The smallest absolute Gasteiger partial charge is 0.236 e. The molecule has 0 saturated heterocycles. The molecular weight excluding hydrogens is 375 g/mol. The number of thioether (sulfide) groups is 1. The monoisotopic (exact) mass is 390 g/mol. The van der Waals surface area contributed by atoms with E-state index in [0.29, 0.717) is 27.6 Å². The molecule has 3 aromatic rings. The molecule has 2 heterocycles. The molecule has 7 nitrogen and oxygen atoms in total. The Hall–Kier alpha value is -2.33. The van der Waals surface area contributed by atoms with Crippen molar-refractivity contribution in [3.8, 4) is 11.4 Å². The van der Waals surface area contributed by atoms with Crippen LogP contribution in [0.4, 0.5) is 9.52 Å². The van der Waals surface area contributed by atoms with Crippen LogP contribution in [0.2, 0.25) is 0 Å². The van der Waals surface area contributed by atoms with Crippen molar-refractivity contribution < 1.29 is 9.18 Å². The number of carbonyl (C=O) groups excluding carboxylic acids is 1. The molecule has 1 N–H and O–H groups in total. The fourth-order valence-electron chi connectivity index (χ4n) is 2.39. The molecule has 1 aromatic carbocycles. The van der Waals surface area contributed by atoms with Crippen LogP contribution in [-0.4, -0.2) is 36.6 Å². The van der Waals surface area contributed by atoms with Crippen LogP contribution >= 0.6 is 23.1 Å². The van der Waals surface area contributed by atoms with E-state index >= 15 is 0 Å². The summed E-state index contributed by atoms with van der Waals surface area (Å²) in [7, 11) is 1.78. The fourth-order valence-corrected chi connectivity index (χ4v) is 4.03. The van der Waals surface area contributed by atoms with E-state index in [4.69, 9.17) is 0 Å². The highest BCUT2D eigenvalue weighted by Crippen LogP contribution is 2.42. The third-order valence-corrected chi connectivity index (χ3v) is 5.89. The summed E-state index contributed by atoms with van der Waals surface area (Å²) in [5.74, 6) is 0.733. The highest BCUT2D eigenvalue weighted by Gasteiger charge is 2.27. The fraction of sp³-hybridized carbons (Fsp3) is 0.312. The topological polar surface area (TPSA) is 85.6 Å². The van der Waals surface area contributed by atoms with Crippen molar-refractivity contribution in [2.75, 3.05) is 11.1 Å². The van der Waals surface area contributed by atoms with Crippen LogP contribution in [0.25, 0.3) is 11.4 Å². The molecule has 0 aliphatic heterocycles. The maximum Gasteiger partial charge on any atom is 0.236 e.